The molecule has 2 aromatic rings. The number of carbonyl (C=O) groups excluding carboxylic acids is 2. The number of benzene rings is 2. The molecule has 4 nitrogen and oxygen atoms in total. The summed E-state index contributed by atoms with van der Waals surface area (Å²) in [5.74, 6) is -2.15. The zero-order valence-electron chi connectivity index (χ0n) is 12.7. The van der Waals surface area contributed by atoms with Crippen LogP contribution in [0.3, 0.4) is 0 Å². The van der Waals surface area contributed by atoms with Gasteiger partial charge in [-0.25, -0.2) is 0 Å². The van der Waals surface area contributed by atoms with E-state index in [4.69, 9.17) is 23.2 Å². The van der Waals surface area contributed by atoms with Crippen molar-refractivity contribution in [2.45, 2.75) is 13.1 Å². The molecule has 0 aliphatic carbocycles. The van der Waals surface area contributed by atoms with Gasteiger partial charge in [0, 0.05) is 16.4 Å². The standard InChI is InChI=1S/C16H11Cl2F3N2O2/c1-8-6-9(17)2-5-13(8)23-15(25)14(24)22-10-3-4-12(18)11(7-10)16(19,20)21/h2-7H,1H3,(H,22,24)(H,23,25). The van der Waals surface area contributed by atoms with Crippen molar-refractivity contribution in [1.82, 2.24) is 0 Å². The van der Waals surface area contributed by atoms with E-state index < -0.39 is 28.6 Å². The second kappa shape index (κ2) is 7.33. The molecule has 9 heteroatoms. The molecule has 132 valence electrons. The number of hydrogen-bond donors (Lipinski definition) is 2. The number of carbonyl (C=O) groups is 2. The number of halogens is 5. The van der Waals surface area contributed by atoms with Gasteiger partial charge in [0.1, 0.15) is 0 Å². The third kappa shape index (κ3) is 4.87. The number of aryl methyl sites for hydroxylation is 1. The van der Waals surface area contributed by atoms with Gasteiger partial charge in [0.05, 0.1) is 10.6 Å². The number of hydrogen-bond acceptors (Lipinski definition) is 2. The minimum atomic E-state index is -4.68. The van der Waals surface area contributed by atoms with Gasteiger partial charge in [-0.15, -0.1) is 0 Å². The monoisotopic (exact) mass is 390 g/mol. The lowest BCUT2D eigenvalue weighted by atomic mass is 10.2. The molecular formula is C16H11Cl2F3N2O2. The highest BCUT2D eigenvalue weighted by atomic mass is 35.5. The highest BCUT2D eigenvalue weighted by molar-refractivity contribution is 6.43. The lowest BCUT2D eigenvalue weighted by molar-refractivity contribution is -0.137. The molecule has 25 heavy (non-hydrogen) atoms. The van der Waals surface area contributed by atoms with Gasteiger partial charge in [-0.2, -0.15) is 13.2 Å². The van der Waals surface area contributed by atoms with E-state index in [2.05, 4.69) is 10.6 Å². The molecule has 0 aliphatic rings. The van der Waals surface area contributed by atoms with Crippen molar-refractivity contribution in [3.63, 3.8) is 0 Å². The zero-order chi connectivity index (χ0) is 18.8. The summed E-state index contributed by atoms with van der Waals surface area (Å²) in [5.41, 5.74) is -0.332. The fraction of sp³-hybridized carbons (Fsp3) is 0.125. The van der Waals surface area contributed by atoms with Crippen molar-refractivity contribution in [1.29, 1.82) is 0 Å². The van der Waals surface area contributed by atoms with E-state index in [1.165, 1.54) is 12.1 Å². The Hall–Kier alpha value is -2.25. The van der Waals surface area contributed by atoms with Gasteiger partial charge < -0.3 is 10.6 Å². The molecule has 0 atom stereocenters. The molecule has 0 radical (unpaired) electrons. The van der Waals surface area contributed by atoms with Crippen molar-refractivity contribution in [3.8, 4) is 0 Å². The van der Waals surface area contributed by atoms with Crippen LogP contribution in [0.5, 0.6) is 0 Å². The minimum Gasteiger partial charge on any atom is -0.318 e. The molecular weight excluding hydrogens is 380 g/mol. The Morgan fingerprint density at radius 2 is 1.60 bits per heavy atom. The van der Waals surface area contributed by atoms with Crippen molar-refractivity contribution in [2.24, 2.45) is 0 Å². The largest absolute Gasteiger partial charge is 0.417 e. The number of nitrogens with one attached hydrogen (secondary N) is 2. The van der Waals surface area contributed by atoms with Crippen molar-refractivity contribution < 1.29 is 22.8 Å². The van der Waals surface area contributed by atoms with Crippen LogP contribution in [0.4, 0.5) is 24.5 Å². The molecule has 0 saturated carbocycles. The summed E-state index contributed by atoms with van der Waals surface area (Å²) in [6.07, 6.45) is -4.68. The van der Waals surface area contributed by atoms with Gasteiger partial charge in [-0.05, 0) is 48.9 Å². The molecule has 0 fully saturated rings. The SMILES string of the molecule is Cc1cc(Cl)ccc1NC(=O)C(=O)Nc1ccc(Cl)c(C(F)(F)F)c1. The maximum absolute atomic E-state index is 12.8. The highest BCUT2D eigenvalue weighted by Crippen LogP contribution is 2.36. The summed E-state index contributed by atoms with van der Waals surface area (Å²) in [6, 6.07) is 7.42. The van der Waals surface area contributed by atoms with Crippen LogP contribution in [0.2, 0.25) is 10.0 Å². The predicted molar refractivity (Wildman–Crippen MR) is 89.9 cm³/mol. The van der Waals surface area contributed by atoms with Crippen LogP contribution in [0.25, 0.3) is 0 Å². The van der Waals surface area contributed by atoms with Crippen molar-refractivity contribution in [2.75, 3.05) is 10.6 Å². The lowest BCUT2D eigenvalue weighted by Gasteiger charge is -2.12. The summed E-state index contributed by atoms with van der Waals surface area (Å²) in [4.78, 5) is 23.8. The first-order chi connectivity index (χ1) is 11.6. The van der Waals surface area contributed by atoms with Crippen LogP contribution < -0.4 is 10.6 Å². The van der Waals surface area contributed by atoms with Gasteiger partial charge in [0.25, 0.3) is 0 Å². The summed E-state index contributed by atoms with van der Waals surface area (Å²) in [7, 11) is 0. The van der Waals surface area contributed by atoms with Gasteiger partial charge in [-0.1, -0.05) is 23.2 Å². The summed E-state index contributed by atoms with van der Waals surface area (Å²) in [5, 5.41) is 4.40. The maximum Gasteiger partial charge on any atom is 0.417 e. The maximum atomic E-state index is 12.8. The summed E-state index contributed by atoms with van der Waals surface area (Å²) < 4.78 is 38.4. The first-order valence-electron chi connectivity index (χ1n) is 6.83. The molecule has 0 unspecified atom stereocenters. The Morgan fingerprint density at radius 1 is 0.960 bits per heavy atom. The summed E-state index contributed by atoms with van der Waals surface area (Å²) in [6.45, 7) is 1.67. The highest BCUT2D eigenvalue weighted by Gasteiger charge is 2.33. The number of anilines is 2. The first-order valence-corrected chi connectivity index (χ1v) is 7.59. The smallest absolute Gasteiger partial charge is 0.318 e. The minimum absolute atomic E-state index is 0.204. The third-order valence-electron chi connectivity index (χ3n) is 3.17. The second-order valence-corrected chi connectivity index (χ2v) is 5.90. The molecule has 2 rings (SSSR count). The molecule has 2 N–H and O–H groups in total. The Kier molecular flexibility index (Phi) is 5.59. The molecule has 2 aromatic carbocycles. The number of amides is 2. The van der Waals surface area contributed by atoms with E-state index in [9.17, 15) is 22.8 Å². The predicted octanol–water partition coefficient (Wildman–Crippen LogP) is 4.90. The van der Waals surface area contributed by atoms with E-state index in [0.717, 1.165) is 12.1 Å². The fourth-order valence-electron chi connectivity index (χ4n) is 1.95. The van der Waals surface area contributed by atoms with Gasteiger partial charge in [0.15, 0.2) is 0 Å². The van der Waals surface area contributed by atoms with Crippen LogP contribution in [0.15, 0.2) is 36.4 Å². The van der Waals surface area contributed by atoms with Crippen molar-refractivity contribution in [3.05, 3.63) is 57.6 Å². The molecule has 0 spiro atoms. The Balaban J connectivity index is 2.12. The van der Waals surface area contributed by atoms with Crippen LogP contribution in [-0.2, 0) is 15.8 Å². The average molecular weight is 391 g/mol. The first kappa shape index (κ1) is 19.1. The molecule has 0 aromatic heterocycles. The van der Waals surface area contributed by atoms with Crippen LogP contribution in [0, 0.1) is 6.92 Å². The Labute approximate surface area is 150 Å². The van der Waals surface area contributed by atoms with E-state index in [1.807, 2.05) is 0 Å². The molecule has 0 bridgehead atoms. The number of rotatable bonds is 2. The molecule has 0 heterocycles. The fourth-order valence-corrected chi connectivity index (χ4v) is 2.41. The van der Waals surface area contributed by atoms with Gasteiger partial charge >= 0.3 is 18.0 Å². The Morgan fingerprint density at radius 3 is 2.20 bits per heavy atom. The van der Waals surface area contributed by atoms with Crippen LogP contribution in [0.1, 0.15) is 11.1 Å². The normalized spacial score (nSPS) is 11.1. The van der Waals surface area contributed by atoms with E-state index in [1.54, 1.807) is 13.0 Å². The second-order valence-electron chi connectivity index (χ2n) is 5.06. The molecule has 0 saturated heterocycles. The number of alkyl halides is 3. The van der Waals surface area contributed by atoms with Gasteiger partial charge in [-0.3, -0.25) is 9.59 Å². The van der Waals surface area contributed by atoms with E-state index >= 15 is 0 Å². The van der Waals surface area contributed by atoms with Crippen LogP contribution in [-0.4, -0.2) is 11.8 Å². The zero-order valence-corrected chi connectivity index (χ0v) is 14.2. The summed E-state index contributed by atoms with van der Waals surface area (Å²) >= 11 is 11.3. The quantitative estimate of drug-likeness (QED) is 0.716. The average Bonchev–Trinajstić information content (AvgIpc) is 2.50. The molecule has 0 aliphatic heterocycles. The van der Waals surface area contributed by atoms with Crippen molar-refractivity contribution >= 4 is 46.4 Å². The van der Waals surface area contributed by atoms with Gasteiger partial charge in [0.2, 0.25) is 0 Å². The van der Waals surface area contributed by atoms with E-state index in [-0.39, 0.29) is 5.69 Å². The topological polar surface area (TPSA) is 58.2 Å². The lowest BCUT2D eigenvalue weighted by Crippen LogP contribution is -2.29. The van der Waals surface area contributed by atoms with Crippen LogP contribution >= 0.6 is 23.2 Å². The molecule has 2 amide bonds. The van der Waals surface area contributed by atoms with E-state index in [0.29, 0.717) is 22.3 Å². The Bertz CT molecular complexity index is 839. The third-order valence-corrected chi connectivity index (χ3v) is 3.74.